The Bertz CT molecular complexity index is 187. The SMILES string of the molecule is C=C(C)C(=O)NC(CO)CC(C)C. The van der Waals surface area contributed by atoms with Crippen LogP contribution in [-0.2, 0) is 4.79 Å². The predicted octanol–water partition coefficient (Wildman–Crippen LogP) is 1.09. The zero-order valence-electron chi connectivity index (χ0n) is 8.63. The highest BCUT2D eigenvalue weighted by Gasteiger charge is 2.12. The molecule has 0 aliphatic rings. The van der Waals surface area contributed by atoms with E-state index in [9.17, 15) is 4.79 Å². The summed E-state index contributed by atoms with van der Waals surface area (Å²) >= 11 is 0. The van der Waals surface area contributed by atoms with Crippen LogP contribution >= 0.6 is 0 Å². The first kappa shape index (κ1) is 12.2. The molecule has 0 fully saturated rings. The summed E-state index contributed by atoms with van der Waals surface area (Å²) in [5.41, 5.74) is 0.474. The first-order valence-electron chi connectivity index (χ1n) is 4.54. The van der Waals surface area contributed by atoms with Gasteiger partial charge in [0, 0.05) is 5.57 Å². The number of carbonyl (C=O) groups excluding carboxylic acids is 1. The second-order valence-electron chi connectivity index (χ2n) is 3.76. The maximum Gasteiger partial charge on any atom is 0.246 e. The minimum absolute atomic E-state index is 0.0167. The Morgan fingerprint density at radius 3 is 2.38 bits per heavy atom. The van der Waals surface area contributed by atoms with Crippen molar-refractivity contribution in [1.82, 2.24) is 5.32 Å². The highest BCUT2D eigenvalue weighted by Crippen LogP contribution is 2.04. The van der Waals surface area contributed by atoms with E-state index in [0.717, 1.165) is 6.42 Å². The van der Waals surface area contributed by atoms with E-state index < -0.39 is 0 Å². The van der Waals surface area contributed by atoms with Crippen molar-refractivity contribution < 1.29 is 9.90 Å². The standard InChI is InChI=1S/C10H19NO2/c1-7(2)5-9(6-12)11-10(13)8(3)4/h7,9,12H,3,5-6H2,1-2,4H3,(H,11,13). The molecule has 1 atom stereocenters. The molecule has 1 amide bonds. The third kappa shape index (κ3) is 5.42. The monoisotopic (exact) mass is 185 g/mol. The lowest BCUT2D eigenvalue weighted by atomic mass is 10.0. The molecule has 3 nitrogen and oxygen atoms in total. The van der Waals surface area contributed by atoms with Gasteiger partial charge in [-0.2, -0.15) is 0 Å². The first-order valence-corrected chi connectivity index (χ1v) is 4.54. The van der Waals surface area contributed by atoms with Crippen LogP contribution in [-0.4, -0.2) is 23.7 Å². The zero-order chi connectivity index (χ0) is 10.4. The maximum absolute atomic E-state index is 11.2. The summed E-state index contributed by atoms with van der Waals surface area (Å²) in [4.78, 5) is 11.2. The molecular weight excluding hydrogens is 166 g/mol. The number of aliphatic hydroxyl groups excluding tert-OH is 1. The van der Waals surface area contributed by atoms with Crippen LogP contribution in [0.2, 0.25) is 0 Å². The Hall–Kier alpha value is -0.830. The van der Waals surface area contributed by atoms with Gasteiger partial charge >= 0.3 is 0 Å². The average molecular weight is 185 g/mol. The van der Waals surface area contributed by atoms with Crippen LogP contribution in [0.1, 0.15) is 27.2 Å². The third-order valence-electron chi connectivity index (χ3n) is 1.70. The van der Waals surface area contributed by atoms with Crippen molar-refractivity contribution in [3.63, 3.8) is 0 Å². The Labute approximate surface area is 79.8 Å². The van der Waals surface area contributed by atoms with Gasteiger partial charge in [0.1, 0.15) is 0 Å². The van der Waals surface area contributed by atoms with E-state index >= 15 is 0 Å². The molecule has 76 valence electrons. The highest BCUT2D eigenvalue weighted by molar-refractivity contribution is 5.92. The normalized spacial score (nSPS) is 12.7. The number of rotatable bonds is 5. The summed E-state index contributed by atoms with van der Waals surface area (Å²) in [6.45, 7) is 9.27. The molecule has 0 aliphatic carbocycles. The van der Waals surface area contributed by atoms with Crippen molar-refractivity contribution in [2.75, 3.05) is 6.61 Å². The van der Waals surface area contributed by atoms with Gasteiger partial charge in [-0.1, -0.05) is 20.4 Å². The van der Waals surface area contributed by atoms with Crippen molar-refractivity contribution in [1.29, 1.82) is 0 Å². The van der Waals surface area contributed by atoms with Gasteiger partial charge in [-0.25, -0.2) is 0 Å². The number of hydrogen-bond acceptors (Lipinski definition) is 2. The first-order chi connectivity index (χ1) is 5.97. The number of nitrogens with one attached hydrogen (secondary N) is 1. The smallest absolute Gasteiger partial charge is 0.246 e. The van der Waals surface area contributed by atoms with Crippen LogP contribution in [0.5, 0.6) is 0 Å². The Morgan fingerprint density at radius 1 is 1.54 bits per heavy atom. The highest BCUT2D eigenvalue weighted by atomic mass is 16.3. The maximum atomic E-state index is 11.2. The summed E-state index contributed by atoms with van der Waals surface area (Å²) in [6, 6.07) is -0.149. The molecule has 0 rings (SSSR count). The summed E-state index contributed by atoms with van der Waals surface area (Å²) in [6.07, 6.45) is 0.787. The molecule has 0 heterocycles. The molecule has 2 N–H and O–H groups in total. The van der Waals surface area contributed by atoms with Gasteiger partial charge in [-0.05, 0) is 19.3 Å². The van der Waals surface area contributed by atoms with Crippen LogP contribution in [0, 0.1) is 5.92 Å². The van der Waals surface area contributed by atoms with Gasteiger partial charge in [0.15, 0.2) is 0 Å². The molecule has 1 unspecified atom stereocenters. The van der Waals surface area contributed by atoms with E-state index in [0.29, 0.717) is 11.5 Å². The van der Waals surface area contributed by atoms with Crippen LogP contribution in [0.4, 0.5) is 0 Å². The molecule has 0 aromatic heterocycles. The van der Waals surface area contributed by atoms with Crippen molar-refractivity contribution in [3.05, 3.63) is 12.2 Å². The van der Waals surface area contributed by atoms with Crippen LogP contribution in [0.15, 0.2) is 12.2 Å². The molecule has 0 radical (unpaired) electrons. The lowest BCUT2D eigenvalue weighted by molar-refractivity contribution is -0.118. The predicted molar refractivity (Wildman–Crippen MR) is 53.3 cm³/mol. The fraction of sp³-hybridized carbons (Fsp3) is 0.700. The van der Waals surface area contributed by atoms with E-state index in [1.165, 1.54) is 0 Å². The van der Waals surface area contributed by atoms with Gasteiger partial charge in [-0.3, -0.25) is 4.79 Å². The molecular formula is C10H19NO2. The van der Waals surface area contributed by atoms with Gasteiger partial charge < -0.3 is 10.4 Å². The van der Waals surface area contributed by atoms with Crippen LogP contribution in [0.25, 0.3) is 0 Å². The van der Waals surface area contributed by atoms with Crippen molar-refractivity contribution >= 4 is 5.91 Å². The summed E-state index contributed by atoms with van der Waals surface area (Å²) in [5, 5.41) is 11.7. The Balaban J connectivity index is 3.97. The van der Waals surface area contributed by atoms with Crippen molar-refractivity contribution in [2.24, 2.45) is 5.92 Å². The lowest BCUT2D eigenvalue weighted by Crippen LogP contribution is -2.38. The molecule has 13 heavy (non-hydrogen) atoms. The summed E-state index contributed by atoms with van der Waals surface area (Å²) < 4.78 is 0. The van der Waals surface area contributed by atoms with Gasteiger partial charge in [0.25, 0.3) is 0 Å². The molecule has 0 aromatic carbocycles. The Morgan fingerprint density at radius 2 is 2.08 bits per heavy atom. The molecule has 0 aromatic rings. The molecule has 0 aliphatic heterocycles. The molecule has 0 spiro atoms. The quantitative estimate of drug-likeness (QED) is 0.630. The van der Waals surface area contributed by atoms with Gasteiger partial charge in [0.2, 0.25) is 5.91 Å². The fourth-order valence-corrected chi connectivity index (χ4v) is 1.06. The van der Waals surface area contributed by atoms with Crippen LogP contribution < -0.4 is 5.32 Å². The number of amides is 1. The van der Waals surface area contributed by atoms with E-state index in [1.807, 2.05) is 0 Å². The number of aliphatic hydroxyl groups is 1. The second-order valence-corrected chi connectivity index (χ2v) is 3.76. The zero-order valence-corrected chi connectivity index (χ0v) is 8.63. The summed E-state index contributed by atoms with van der Waals surface area (Å²) in [5.74, 6) is 0.280. The van der Waals surface area contributed by atoms with Crippen molar-refractivity contribution in [3.8, 4) is 0 Å². The minimum atomic E-state index is -0.181. The van der Waals surface area contributed by atoms with E-state index in [1.54, 1.807) is 6.92 Å². The van der Waals surface area contributed by atoms with Crippen LogP contribution in [0.3, 0.4) is 0 Å². The average Bonchev–Trinajstić information content (AvgIpc) is 2.02. The number of hydrogen-bond donors (Lipinski definition) is 2. The second kappa shape index (κ2) is 5.75. The van der Waals surface area contributed by atoms with E-state index in [2.05, 4.69) is 25.7 Å². The molecule has 0 saturated heterocycles. The van der Waals surface area contributed by atoms with Crippen molar-refractivity contribution in [2.45, 2.75) is 33.2 Å². The summed E-state index contributed by atoms with van der Waals surface area (Å²) in [7, 11) is 0. The topological polar surface area (TPSA) is 49.3 Å². The largest absolute Gasteiger partial charge is 0.394 e. The fourth-order valence-electron chi connectivity index (χ4n) is 1.06. The van der Waals surface area contributed by atoms with Gasteiger partial charge in [-0.15, -0.1) is 0 Å². The van der Waals surface area contributed by atoms with E-state index in [-0.39, 0.29) is 18.6 Å². The minimum Gasteiger partial charge on any atom is -0.394 e. The number of carbonyl (C=O) groups is 1. The Kier molecular flexibility index (Phi) is 5.39. The molecule has 3 heteroatoms. The third-order valence-corrected chi connectivity index (χ3v) is 1.70. The lowest BCUT2D eigenvalue weighted by Gasteiger charge is -2.18. The van der Waals surface area contributed by atoms with E-state index in [4.69, 9.17) is 5.11 Å². The molecule has 0 saturated carbocycles. The van der Waals surface area contributed by atoms with Gasteiger partial charge in [0.05, 0.1) is 12.6 Å². The molecule has 0 bridgehead atoms.